The number of hydroxylamine groups is 2. The normalized spacial score (nSPS) is 29.9. The smallest absolute Gasteiger partial charge is 0.193 e. The van der Waals surface area contributed by atoms with Crippen LogP contribution in [0.5, 0.6) is 0 Å². The van der Waals surface area contributed by atoms with Crippen LogP contribution < -0.4 is 0 Å². The summed E-state index contributed by atoms with van der Waals surface area (Å²) in [4.78, 5) is 32.6. The Bertz CT molecular complexity index is 1470. The average Bonchev–Trinajstić information content (AvgIpc) is 3.24. The number of aliphatic hydroxyl groups is 2. The molecule has 7 nitrogen and oxygen atoms in total. The number of fused-ring (bicyclic) bond motifs is 2. The van der Waals surface area contributed by atoms with Gasteiger partial charge in [0.15, 0.2) is 11.6 Å². The molecule has 0 unspecified atom stereocenters. The van der Waals surface area contributed by atoms with Crippen molar-refractivity contribution >= 4 is 17.8 Å². The molecule has 0 bridgehead atoms. The van der Waals surface area contributed by atoms with Crippen molar-refractivity contribution in [2.45, 2.75) is 102 Å². The molecule has 1 fully saturated rings. The second-order valence-corrected chi connectivity index (χ2v) is 12.9. The van der Waals surface area contributed by atoms with E-state index in [4.69, 9.17) is 4.99 Å². The minimum atomic E-state index is -1.71. The number of rotatable bonds is 4. The van der Waals surface area contributed by atoms with Crippen molar-refractivity contribution in [2.24, 2.45) is 4.99 Å². The van der Waals surface area contributed by atoms with Crippen LogP contribution in [-0.2, 0) is 16.4 Å². The Kier molecular flexibility index (Phi) is 6.62. The van der Waals surface area contributed by atoms with E-state index in [1.165, 1.54) is 5.06 Å². The zero-order valence-corrected chi connectivity index (χ0v) is 24.5. The second kappa shape index (κ2) is 9.28. The Morgan fingerprint density at radius 1 is 0.850 bits per heavy atom. The molecule has 40 heavy (non-hydrogen) atoms. The Morgan fingerprint density at radius 3 is 1.82 bits per heavy atom. The predicted octanol–water partition coefficient (Wildman–Crippen LogP) is 5.37. The summed E-state index contributed by atoms with van der Waals surface area (Å²) in [7, 11) is 0. The largest absolute Gasteiger partial charge is 0.380 e. The number of ketones is 2. The Morgan fingerprint density at radius 2 is 1.32 bits per heavy atom. The molecule has 2 aliphatic carbocycles. The van der Waals surface area contributed by atoms with Gasteiger partial charge in [0.05, 0.1) is 6.04 Å². The molecule has 3 aliphatic rings. The van der Waals surface area contributed by atoms with Crippen LogP contribution in [0.25, 0.3) is 0 Å². The van der Waals surface area contributed by atoms with Gasteiger partial charge in [-0.05, 0) is 89.1 Å². The van der Waals surface area contributed by atoms with E-state index in [9.17, 15) is 25.0 Å². The first kappa shape index (κ1) is 28.6. The monoisotopic (exact) mass is 543 g/mol. The van der Waals surface area contributed by atoms with Gasteiger partial charge in [0.2, 0.25) is 0 Å². The number of carbonyl (C=O) groups is 2. The van der Waals surface area contributed by atoms with Crippen molar-refractivity contribution in [3.05, 3.63) is 80.9 Å². The molecule has 2 atom stereocenters. The van der Waals surface area contributed by atoms with Crippen molar-refractivity contribution in [3.8, 4) is 0 Å². The maximum atomic E-state index is 14.0. The molecule has 1 saturated heterocycles. The number of hydrogen-bond acceptors (Lipinski definition) is 6. The number of benzene rings is 2. The summed E-state index contributed by atoms with van der Waals surface area (Å²) in [6.07, 6.45) is 3.30. The fourth-order valence-electron chi connectivity index (χ4n) is 7.19. The van der Waals surface area contributed by atoms with Crippen LogP contribution in [0.2, 0.25) is 0 Å². The second-order valence-electron chi connectivity index (χ2n) is 12.9. The number of hydrogen-bond donors (Lipinski definition) is 2. The molecular formula is C33H39N2O5. The Hall–Kier alpha value is -2.97. The highest BCUT2D eigenvalue weighted by molar-refractivity contribution is 6.24. The van der Waals surface area contributed by atoms with Crippen LogP contribution in [0.4, 0.5) is 0 Å². The van der Waals surface area contributed by atoms with Crippen molar-refractivity contribution in [1.29, 1.82) is 0 Å². The van der Waals surface area contributed by atoms with Gasteiger partial charge in [-0.25, -0.2) is 0 Å². The summed E-state index contributed by atoms with van der Waals surface area (Å²) in [5, 5.41) is 37.7. The number of carbonyl (C=O) groups excluding carboxylic acids is 2. The van der Waals surface area contributed by atoms with E-state index in [0.29, 0.717) is 40.7 Å². The SMILES string of the molecule is CC[C@@]1(O)/C(=C2\C(=O)c3cc(C=NC4CC(C)(C)N([O])C(C)(C)C4)ccc3[C@]2(O)CC)C(=O)c2cc(C)ccc21. The third-order valence-corrected chi connectivity index (χ3v) is 9.16. The lowest BCUT2D eigenvalue weighted by molar-refractivity contribution is -0.288. The molecule has 7 heteroatoms. The zero-order valence-electron chi connectivity index (χ0n) is 24.5. The number of piperidine rings is 1. The molecule has 2 N–H and O–H groups in total. The summed E-state index contributed by atoms with van der Waals surface area (Å²) in [6.45, 7) is 13.1. The minimum Gasteiger partial charge on any atom is -0.380 e. The summed E-state index contributed by atoms with van der Waals surface area (Å²) >= 11 is 0. The molecule has 1 radical (unpaired) electrons. The fraction of sp³-hybridized carbons (Fsp3) is 0.485. The minimum absolute atomic E-state index is 0.0230. The zero-order chi connectivity index (χ0) is 29.4. The highest BCUT2D eigenvalue weighted by Gasteiger charge is 2.55. The summed E-state index contributed by atoms with van der Waals surface area (Å²) in [5.41, 5.74) is -1.37. The quantitative estimate of drug-likeness (QED) is 0.398. The van der Waals surface area contributed by atoms with Gasteiger partial charge < -0.3 is 10.2 Å². The van der Waals surface area contributed by atoms with Gasteiger partial charge in [0.25, 0.3) is 0 Å². The molecule has 2 aromatic carbocycles. The molecule has 1 aliphatic heterocycles. The molecule has 211 valence electrons. The number of nitrogens with zero attached hydrogens (tertiary/aromatic N) is 2. The van der Waals surface area contributed by atoms with Crippen molar-refractivity contribution in [1.82, 2.24) is 5.06 Å². The molecule has 0 aromatic heterocycles. The standard InChI is InChI=1S/C33H39N2O5/c1-8-32(38)24-12-10-19(3)14-22(24)28(36)26(32)27-29(37)23-15-20(11-13-25(23)33(27,39)9-2)18-34-21-16-30(4,5)35(40)31(6,7)17-21/h10-15,18,21,38-39H,8-9,16-17H2,1-7H3/b27-26+,34-18?/t32-,33+/m0/s1. The van der Waals surface area contributed by atoms with Crippen LogP contribution >= 0.6 is 0 Å². The van der Waals surface area contributed by atoms with Gasteiger partial charge in [-0.3, -0.25) is 14.6 Å². The number of aryl methyl sites for hydroxylation is 1. The summed E-state index contributed by atoms with van der Waals surface area (Å²) in [6, 6.07) is 10.5. The number of Topliss-reactive ketones (excluding diaryl/α,β-unsaturated/α-hetero) is 2. The first-order valence-electron chi connectivity index (χ1n) is 14.2. The first-order valence-corrected chi connectivity index (χ1v) is 14.2. The van der Waals surface area contributed by atoms with Gasteiger partial charge in [-0.15, -0.1) is 10.3 Å². The first-order chi connectivity index (χ1) is 18.6. The van der Waals surface area contributed by atoms with Crippen LogP contribution in [0.15, 0.2) is 52.5 Å². The van der Waals surface area contributed by atoms with Crippen LogP contribution in [0.3, 0.4) is 0 Å². The van der Waals surface area contributed by atoms with Gasteiger partial charge in [0, 0.05) is 39.6 Å². The molecule has 0 spiro atoms. The lowest BCUT2D eigenvalue weighted by atomic mass is 9.79. The molecule has 0 amide bonds. The maximum absolute atomic E-state index is 14.0. The van der Waals surface area contributed by atoms with E-state index in [-0.39, 0.29) is 30.0 Å². The maximum Gasteiger partial charge on any atom is 0.193 e. The van der Waals surface area contributed by atoms with E-state index in [1.54, 1.807) is 44.3 Å². The van der Waals surface area contributed by atoms with Gasteiger partial charge >= 0.3 is 0 Å². The Balaban J connectivity index is 1.57. The third-order valence-electron chi connectivity index (χ3n) is 9.16. The lowest BCUT2D eigenvalue weighted by Gasteiger charge is -2.48. The van der Waals surface area contributed by atoms with Crippen LogP contribution in [0, 0.1) is 6.92 Å². The lowest BCUT2D eigenvalue weighted by Crippen LogP contribution is -2.59. The molecular weight excluding hydrogens is 504 g/mol. The van der Waals surface area contributed by atoms with Gasteiger partial charge in [-0.2, -0.15) is 0 Å². The highest BCUT2D eigenvalue weighted by atomic mass is 16.5. The van der Waals surface area contributed by atoms with Crippen molar-refractivity contribution in [3.63, 3.8) is 0 Å². The predicted molar refractivity (Wildman–Crippen MR) is 153 cm³/mol. The fourth-order valence-corrected chi connectivity index (χ4v) is 7.19. The van der Waals surface area contributed by atoms with Gasteiger partial charge in [-0.1, -0.05) is 43.7 Å². The summed E-state index contributed by atoms with van der Waals surface area (Å²) in [5.74, 6) is -0.862. The van der Waals surface area contributed by atoms with E-state index in [2.05, 4.69) is 0 Å². The van der Waals surface area contributed by atoms with Crippen LogP contribution in [0.1, 0.15) is 110 Å². The van der Waals surface area contributed by atoms with E-state index in [0.717, 1.165) is 5.56 Å². The van der Waals surface area contributed by atoms with E-state index >= 15 is 0 Å². The average molecular weight is 544 g/mol. The Labute approximate surface area is 236 Å². The van der Waals surface area contributed by atoms with Crippen molar-refractivity contribution < 1.29 is 25.0 Å². The molecule has 5 rings (SSSR count). The highest BCUT2D eigenvalue weighted by Crippen LogP contribution is 2.52. The van der Waals surface area contributed by atoms with Gasteiger partial charge in [0.1, 0.15) is 11.2 Å². The molecule has 2 aromatic rings. The number of aliphatic imine (C=N–C) groups is 1. The topological polar surface area (TPSA) is 110 Å². The van der Waals surface area contributed by atoms with E-state index in [1.807, 2.05) is 46.8 Å². The van der Waals surface area contributed by atoms with E-state index < -0.39 is 33.8 Å². The van der Waals surface area contributed by atoms with Crippen molar-refractivity contribution in [2.75, 3.05) is 0 Å². The van der Waals surface area contributed by atoms with Crippen LogP contribution in [-0.4, -0.2) is 50.2 Å². The molecule has 0 saturated carbocycles. The molecule has 1 heterocycles. The third kappa shape index (κ3) is 4.05. The summed E-state index contributed by atoms with van der Waals surface area (Å²) < 4.78 is 0.